The van der Waals surface area contributed by atoms with Gasteiger partial charge in [0.25, 0.3) is 0 Å². The van der Waals surface area contributed by atoms with Crippen molar-refractivity contribution in [2.45, 2.75) is 6.04 Å². The van der Waals surface area contributed by atoms with Crippen LogP contribution >= 0.6 is 43.2 Å². The molecule has 0 spiro atoms. The number of nitrogens with two attached hydrogens (primary N) is 1. The average Bonchev–Trinajstić information content (AvgIpc) is 2.64. The van der Waals surface area contributed by atoms with Crippen LogP contribution in [0.1, 0.15) is 16.5 Å². The van der Waals surface area contributed by atoms with Crippen LogP contribution in [0.15, 0.2) is 44.7 Å². The molecule has 4 heteroatoms. The summed E-state index contributed by atoms with van der Waals surface area (Å²) in [7, 11) is 0. The van der Waals surface area contributed by atoms with Gasteiger partial charge in [0.1, 0.15) is 0 Å². The van der Waals surface area contributed by atoms with Gasteiger partial charge in [-0.3, -0.25) is 0 Å². The lowest BCUT2D eigenvalue weighted by atomic mass is 10.1. The number of thiophene rings is 1. The molecule has 1 aromatic heterocycles. The van der Waals surface area contributed by atoms with Crippen molar-refractivity contribution in [2.24, 2.45) is 5.73 Å². The van der Waals surface area contributed by atoms with Crippen molar-refractivity contribution in [3.8, 4) is 0 Å². The molecular weight excluding hydrogens is 338 g/mol. The van der Waals surface area contributed by atoms with Crippen LogP contribution in [-0.4, -0.2) is 0 Å². The van der Waals surface area contributed by atoms with Gasteiger partial charge in [-0.25, -0.2) is 0 Å². The van der Waals surface area contributed by atoms with Gasteiger partial charge in [-0.2, -0.15) is 0 Å². The molecule has 0 amide bonds. The van der Waals surface area contributed by atoms with E-state index < -0.39 is 0 Å². The molecule has 78 valence electrons. The Kier molecular flexibility index (Phi) is 3.61. The zero-order valence-corrected chi connectivity index (χ0v) is 11.8. The highest BCUT2D eigenvalue weighted by Crippen LogP contribution is 2.34. The molecule has 0 radical (unpaired) electrons. The number of benzene rings is 1. The molecule has 2 rings (SSSR count). The first kappa shape index (κ1) is 11.3. The third-order valence-electron chi connectivity index (χ3n) is 2.17. The summed E-state index contributed by atoms with van der Waals surface area (Å²) < 4.78 is 2.13. The second-order valence-electron chi connectivity index (χ2n) is 3.13. The molecule has 0 saturated carbocycles. The molecule has 2 aromatic rings. The van der Waals surface area contributed by atoms with Gasteiger partial charge in [-0.15, -0.1) is 11.3 Å². The van der Waals surface area contributed by atoms with Crippen LogP contribution in [-0.2, 0) is 0 Å². The fourth-order valence-electron chi connectivity index (χ4n) is 1.40. The highest BCUT2D eigenvalue weighted by atomic mass is 79.9. The largest absolute Gasteiger partial charge is 0.320 e. The number of hydrogen-bond acceptors (Lipinski definition) is 2. The lowest BCUT2D eigenvalue weighted by molar-refractivity contribution is 0.883. The van der Waals surface area contributed by atoms with Crippen LogP contribution < -0.4 is 5.73 Å². The average molecular weight is 347 g/mol. The topological polar surface area (TPSA) is 26.0 Å². The second kappa shape index (κ2) is 4.78. The van der Waals surface area contributed by atoms with Gasteiger partial charge in [0.05, 0.1) is 6.04 Å². The van der Waals surface area contributed by atoms with Crippen molar-refractivity contribution < 1.29 is 0 Å². The van der Waals surface area contributed by atoms with Crippen LogP contribution in [0.4, 0.5) is 0 Å². The molecule has 1 atom stereocenters. The molecule has 0 fully saturated rings. The molecule has 1 unspecified atom stereocenters. The lowest BCUT2D eigenvalue weighted by Crippen LogP contribution is -2.11. The Morgan fingerprint density at radius 2 is 1.80 bits per heavy atom. The fraction of sp³-hybridized carbons (Fsp3) is 0.0909. The first-order chi connectivity index (χ1) is 7.20. The zero-order chi connectivity index (χ0) is 10.8. The van der Waals surface area contributed by atoms with Crippen LogP contribution in [0.3, 0.4) is 0 Å². The highest BCUT2D eigenvalue weighted by Gasteiger charge is 2.15. The molecule has 15 heavy (non-hydrogen) atoms. The van der Waals surface area contributed by atoms with Gasteiger partial charge < -0.3 is 5.73 Å². The molecule has 1 nitrogen and oxygen atoms in total. The van der Waals surface area contributed by atoms with Crippen molar-refractivity contribution in [1.82, 2.24) is 0 Å². The normalized spacial score (nSPS) is 12.7. The summed E-state index contributed by atoms with van der Waals surface area (Å²) in [5.41, 5.74) is 7.32. The van der Waals surface area contributed by atoms with E-state index >= 15 is 0 Å². The Hall–Kier alpha value is -0.160. The minimum absolute atomic E-state index is 0.0741. The molecule has 0 saturated heterocycles. The Morgan fingerprint density at radius 3 is 2.40 bits per heavy atom. The summed E-state index contributed by atoms with van der Waals surface area (Å²) in [5.74, 6) is 0. The van der Waals surface area contributed by atoms with Crippen molar-refractivity contribution in [1.29, 1.82) is 0 Å². The van der Waals surface area contributed by atoms with Crippen LogP contribution in [0, 0.1) is 0 Å². The van der Waals surface area contributed by atoms with E-state index in [9.17, 15) is 0 Å². The number of halogens is 2. The van der Waals surface area contributed by atoms with E-state index in [1.165, 1.54) is 0 Å². The molecule has 0 aliphatic heterocycles. The summed E-state index contributed by atoms with van der Waals surface area (Å²) in [4.78, 5) is 1.15. The fourth-order valence-corrected chi connectivity index (χ4v) is 3.57. The SMILES string of the molecule is NC(c1ccccc1Br)c1sccc1Br. The van der Waals surface area contributed by atoms with Gasteiger partial charge in [0.15, 0.2) is 0 Å². The van der Waals surface area contributed by atoms with Gasteiger partial charge in [0, 0.05) is 13.8 Å². The lowest BCUT2D eigenvalue weighted by Gasteiger charge is -2.12. The molecule has 2 N–H and O–H groups in total. The molecular formula is C11H9Br2NS. The summed E-state index contributed by atoms with van der Waals surface area (Å²) in [6, 6.07) is 9.99. The van der Waals surface area contributed by atoms with Gasteiger partial charge in [-0.1, -0.05) is 34.1 Å². The summed E-state index contributed by atoms with van der Waals surface area (Å²) in [6.45, 7) is 0. The summed E-state index contributed by atoms with van der Waals surface area (Å²) in [6.07, 6.45) is 0. The standard InChI is InChI=1S/C11H9Br2NS/c12-8-4-2-1-3-7(8)10(14)11-9(13)5-6-15-11/h1-6,10H,14H2. The molecule has 0 aliphatic carbocycles. The van der Waals surface area contributed by atoms with Crippen LogP contribution in [0.2, 0.25) is 0 Å². The van der Waals surface area contributed by atoms with E-state index in [2.05, 4.69) is 31.9 Å². The van der Waals surface area contributed by atoms with Gasteiger partial charge in [0.2, 0.25) is 0 Å². The van der Waals surface area contributed by atoms with Crippen molar-refractivity contribution in [3.63, 3.8) is 0 Å². The smallest absolute Gasteiger partial charge is 0.0668 e. The first-order valence-corrected chi connectivity index (χ1v) is 6.89. The Labute approximate surface area is 110 Å². The monoisotopic (exact) mass is 345 g/mol. The molecule has 1 aromatic carbocycles. The Bertz CT molecular complexity index is 467. The van der Waals surface area contributed by atoms with Gasteiger partial charge >= 0.3 is 0 Å². The van der Waals surface area contributed by atoms with E-state index in [0.717, 1.165) is 19.4 Å². The second-order valence-corrected chi connectivity index (χ2v) is 5.79. The van der Waals surface area contributed by atoms with Crippen molar-refractivity contribution in [2.75, 3.05) is 0 Å². The van der Waals surface area contributed by atoms with Crippen molar-refractivity contribution >= 4 is 43.2 Å². The maximum absolute atomic E-state index is 6.21. The summed E-state index contributed by atoms with van der Waals surface area (Å²) in [5, 5.41) is 2.04. The van der Waals surface area contributed by atoms with Crippen LogP contribution in [0.25, 0.3) is 0 Å². The number of rotatable bonds is 2. The highest BCUT2D eigenvalue weighted by molar-refractivity contribution is 9.10. The quantitative estimate of drug-likeness (QED) is 0.860. The van der Waals surface area contributed by atoms with E-state index in [0.29, 0.717) is 0 Å². The predicted molar refractivity (Wildman–Crippen MR) is 72.2 cm³/mol. The van der Waals surface area contributed by atoms with E-state index in [1.807, 2.05) is 35.7 Å². The number of hydrogen-bond donors (Lipinski definition) is 1. The molecule has 0 bridgehead atoms. The van der Waals surface area contributed by atoms with Crippen molar-refractivity contribution in [3.05, 3.63) is 55.1 Å². The van der Waals surface area contributed by atoms with Crippen LogP contribution in [0.5, 0.6) is 0 Å². The zero-order valence-electron chi connectivity index (χ0n) is 7.78. The maximum atomic E-state index is 6.21. The Morgan fingerprint density at radius 1 is 1.07 bits per heavy atom. The third kappa shape index (κ3) is 2.33. The Balaban J connectivity index is 2.41. The molecule has 1 heterocycles. The van der Waals surface area contributed by atoms with Gasteiger partial charge in [-0.05, 0) is 39.0 Å². The predicted octanol–water partition coefficient (Wildman–Crippen LogP) is 4.32. The third-order valence-corrected chi connectivity index (χ3v) is 4.84. The van der Waals surface area contributed by atoms with E-state index in [4.69, 9.17) is 5.73 Å². The summed E-state index contributed by atoms with van der Waals surface area (Å²) >= 11 is 8.69. The van der Waals surface area contributed by atoms with E-state index in [-0.39, 0.29) is 6.04 Å². The minimum Gasteiger partial charge on any atom is -0.320 e. The van der Waals surface area contributed by atoms with E-state index in [1.54, 1.807) is 11.3 Å². The minimum atomic E-state index is -0.0741. The molecule has 0 aliphatic rings. The first-order valence-electron chi connectivity index (χ1n) is 4.43. The maximum Gasteiger partial charge on any atom is 0.0668 e.